The molecule has 0 aliphatic carbocycles. The summed E-state index contributed by atoms with van der Waals surface area (Å²) in [5, 5.41) is 18.5. The maximum absolute atomic E-state index is 10.8. The topological polar surface area (TPSA) is 85.2 Å². The molecule has 2 aromatic carbocycles. The van der Waals surface area contributed by atoms with Crippen molar-refractivity contribution in [3.63, 3.8) is 0 Å². The van der Waals surface area contributed by atoms with Crippen LogP contribution in [0.2, 0.25) is 0 Å². The Kier molecular flexibility index (Phi) is 5.96. The van der Waals surface area contributed by atoms with Crippen molar-refractivity contribution >= 4 is 10.1 Å². The number of rotatable bonds is 7. The fourth-order valence-electron chi connectivity index (χ4n) is 1.94. The zero-order chi connectivity index (χ0) is 16.8. The van der Waals surface area contributed by atoms with Gasteiger partial charge in [0.15, 0.2) is 0 Å². The van der Waals surface area contributed by atoms with Crippen molar-refractivity contribution in [2.75, 3.05) is 7.11 Å². The van der Waals surface area contributed by atoms with Crippen molar-refractivity contribution in [3.05, 3.63) is 48.0 Å². The van der Waals surface area contributed by atoms with Crippen LogP contribution in [0.15, 0.2) is 42.5 Å². The number of carbonyl (C=O) groups is 1. The van der Waals surface area contributed by atoms with Crippen LogP contribution in [-0.2, 0) is 21.1 Å². The van der Waals surface area contributed by atoms with Gasteiger partial charge >= 0.3 is 141 Å². The van der Waals surface area contributed by atoms with Crippen LogP contribution in [0.3, 0.4) is 0 Å². The molecule has 0 aliphatic rings. The number of hydrogen-bond acceptors (Lipinski definition) is 5. The molecule has 2 N–H and O–H groups in total. The molecule has 0 saturated heterocycles. The van der Waals surface area contributed by atoms with Gasteiger partial charge < -0.3 is 0 Å². The van der Waals surface area contributed by atoms with Gasteiger partial charge in [0.05, 0.1) is 0 Å². The number of carboxylic acid groups (broad SMARTS) is 1. The van der Waals surface area contributed by atoms with Gasteiger partial charge in [-0.1, -0.05) is 0 Å². The third-order valence-corrected chi connectivity index (χ3v) is 6.10. The van der Waals surface area contributed by atoms with Crippen LogP contribution in [0.1, 0.15) is 17.3 Å². The number of aromatic carboxylic acids is 1. The molecule has 0 amide bonds. The van der Waals surface area contributed by atoms with Crippen LogP contribution in [0.25, 0.3) is 0 Å². The number of phenols is 1. The molecule has 23 heavy (non-hydrogen) atoms. The Labute approximate surface area is 141 Å². The second kappa shape index (κ2) is 7.95. The first kappa shape index (κ1) is 17.3. The third kappa shape index (κ3) is 4.94. The summed E-state index contributed by atoms with van der Waals surface area (Å²) in [6.07, 6.45) is -0.426. The predicted octanol–water partition coefficient (Wildman–Crippen LogP) is 2.16. The van der Waals surface area contributed by atoms with Crippen molar-refractivity contribution < 1.29 is 45.5 Å². The van der Waals surface area contributed by atoms with E-state index >= 15 is 0 Å². The Morgan fingerprint density at radius 3 is 2.35 bits per heavy atom. The molecule has 0 fully saturated rings. The van der Waals surface area contributed by atoms with E-state index in [0.717, 1.165) is 9.91 Å². The number of aromatic hydroxyl groups is 1. The average Bonchev–Trinajstić information content (AvgIpc) is 2.53. The van der Waals surface area contributed by atoms with Crippen molar-refractivity contribution in [2.24, 2.45) is 0 Å². The molecule has 2 rings (SSSR count). The van der Waals surface area contributed by atoms with Crippen molar-refractivity contribution in [1.29, 1.82) is 0 Å². The number of benzene rings is 2. The number of hydrogen-bond donors (Lipinski definition) is 2. The van der Waals surface area contributed by atoms with Crippen LogP contribution in [0.4, 0.5) is 0 Å². The van der Waals surface area contributed by atoms with Gasteiger partial charge in [-0.05, 0) is 0 Å². The van der Waals surface area contributed by atoms with E-state index in [1.165, 1.54) is 12.1 Å². The van der Waals surface area contributed by atoms with E-state index in [2.05, 4.69) is 0 Å². The standard InChI is InChI=1S/C9H11O3.C7H5O3.Zn/c1-7(10)12-9-5-3-8(11-2)4-6-9;8-6-4-2-1-3-5(6)7(9)10;/h3-7H,1-2H3;1,3-4,8H,(H,9,10);/q-1;;+1. The van der Waals surface area contributed by atoms with E-state index in [1.54, 1.807) is 44.4 Å². The molecule has 1 atom stereocenters. The normalized spacial score (nSPS) is 11.4. The first-order valence-corrected chi connectivity index (χ1v) is 9.66. The molecule has 0 radical (unpaired) electrons. The Morgan fingerprint density at radius 2 is 1.78 bits per heavy atom. The molecule has 1 unspecified atom stereocenters. The number of ether oxygens (including phenoxy) is 2. The fraction of sp³-hybridized carbons (Fsp3) is 0.188. The molecule has 0 bridgehead atoms. The van der Waals surface area contributed by atoms with Gasteiger partial charge in [0.1, 0.15) is 0 Å². The molecule has 0 heterocycles. The zero-order valence-corrected chi connectivity index (χ0v) is 15.8. The molecular weight excluding hydrogens is 354 g/mol. The van der Waals surface area contributed by atoms with E-state index < -0.39 is 29.7 Å². The van der Waals surface area contributed by atoms with Crippen LogP contribution >= 0.6 is 0 Å². The van der Waals surface area contributed by atoms with Gasteiger partial charge in [0, 0.05) is 0 Å². The van der Waals surface area contributed by atoms with Crippen molar-refractivity contribution in [2.45, 2.75) is 13.2 Å². The summed E-state index contributed by atoms with van der Waals surface area (Å²) in [6.45, 7) is 1.79. The van der Waals surface area contributed by atoms with Crippen LogP contribution < -0.4 is 13.6 Å². The molecule has 0 aromatic heterocycles. The summed E-state index contributed by atoms with van der Waals surface area (Å²) >= 11 is -1.62. The van der Waals surface area contributed by atoms with Gasteiger partial charge in [0.25, 0.3) is 0 Å². The summed E-state index contributed by atoms with van der Waals surface area (Å²) in [5.74, 6) is 0.0222. The molecule has 2 aromatic rings. The van der Waals surface area contributed by atoms with Crippen LogP contribution in [-0.4, -0.2) is 29.6 Å². The molecule has 0 spiro atoms. The van der Waals surface area contributed by atoms with Gasteiger partial charge in [-0.3, -0.25) is 0 Å². The van der Waals surface area contributed by atoms with Crippen molar-refractivity contribution in [3.8, 4) is 17.2 Å². The first-order chi connectivity index (χ1) is 11.0. The summed E-state index contributed by atoms with van der Waals surface area (Å²) in [6, 6.07) is 11.7. The van der Waals surface area contributed by atoms with Crippen LogP contribution in [0.5, 0.6) is 17.2 Å². The first-order valence-electron chi connectivity index (χ1n) is 6.97. The Balaban J connectivity index is 1.89. The van der Waals surface area contributed by atoms with E-state index in [9.17, 15) is 9.90 Å². The summed E-state index contributed by atoms with van der Waals surface area (Å²) < 4.78 is 17.3. The quantitative estimate of drug-likeness (QED) is 0.574. The second-order valence-electron chi connectivity index (χ2n) is 4.83. The van der Waals surface area contributed by atoms with E-state index in [-0.39, 0.29) is 11.3 Å². The van der Waals surface area contributed by atoms with E-state index in [0.29, 0.717) is 5.75 Å². The maximum atomic E-state index is 10.8. The summed E-state index contributed by atoms with van der Waals surface area (Å²) in [4.78, 5) is 10.8. The Bertz CT molecular complexity index is 671. The third-order valence-electron chi connectivity index (χ3n) is 3.14. The van der Waals surface area contributed by atoms with E-state index in [1.807, 2.05) is 0 Å². The monoisotopic (exact) mass is 368 g/mol. The number of carboxylic acids is 1. The van der Waals surface area contributed by atoms with Gasteiger partial charge in [-0.25, -0.2) is 0 Å². The fourth-order valence-corrected chi connectivity index (χ4v) is 4.01. The Hall–Kier alpha value is -2.11. The Morgan fingerprint density at radius 1 is 1.13 bits per heavy atom. The van der Waals surface area contributed by atoms with Gasteiger partial charge in [-0.2, -0.15) is 0 Å². The van der Waals surface area contributed by atoms with Crippen LogP contribution in [0, 0.1) is 0 Å². The predicted molar refractivity (Wildman–Crippen MR) is 78.9 cm³/mol. The summed E-state index contributed by atoms with van der Waals surface area (Å²) in [7, 11) is 1.60. The molecule has 118 valence electrons. The molecule has 7 heteroatoms. The molecular formula is C16H16O6Zn. The minimum absolute atomic E-state index is 0.112. The van der Waals surface area contributed by atoms with Gasteiger partial charge in [-0.15, -0.1) is 0 Å². The molecule has 6 nitrogen and oxygen atoms in total. The zero-order valence-electron chi connectivity index (χ0n) is 12.9. The molecule has 0 saturated carbocycles. The summed E-state index contributed by atoms with van der Waals surface area (Å²) in [5.41, 5.74) is -0.112. The van der Waals surface area contributed by atoms with Gasteiger partial charge in [0.2, 0.25) is 0 Å². The van der Waals surface area contributed by atoms with Crippen molar-refractivity contribution in [1.82, 2.24) is 0 Å². The van der Waals surface area contributed by atoms with E-state index in [4.69, 9.17) is 18.1 Å². The average molecular weight is 370 g/mol. The molecule has 0 aliphatic heterocycles. The number of methoxy groups -OCH3 is 1. The second-order valence-corrected chi connectivity index (χ2v) is 7.85. The SMILES string of the molecule is COc1ccc(OC(C)[O][Zn][c]2ccc(C(=O)O)c(O)c2)cc1. The minimum atomic E-state index is -1.62.